The summed E-state index contributed by atoms with van der Waals surface area (Å²) in [5.41, 5.74) is 1.16. The molecular weight excluding hydrogens is 491 g/mol. The van der Waals surface area contributed by atoms with E-state index in [-0.39, 0.29) is 17.5 Å². The predicted octanol–water partition coefficient (Wildman–Crippen LogP) is 2.44. The minimum Gasteiger partial charge on any atom is -0.491 e. The number of aldehydes is 1. The summed E-state index contributed by atoms with van der Waals surface area (Å²) in [5.74, 6) is -0.291. The monoisotopic (exact) mass is 528 g/mol. The number of carbonyl (C=O) groups excluding carboxylic acids is 2. The number of benzene rings is 2. The van der Waals surface area contributed by atoms with Crippen molar-refractivity contribution in [1.82, 2.24) is 5.32 Å². The molecule has 2 aromatic rings. The molecule has 10 heteroatoms. The van der Waals surface area contributed by atoms with Gasteiger partial charge in [-0.3, -0.25) is 4.79 Å². The van der Waals surface area contributed by atoms with Crippen molar-refractivity contribution in [3.8, 4) is 5.75 Å². The molecule has 0 aliphatic heterocycles. The first-order chi connectivity index (χ1) is 18.3. The summed E-state index contributed by atoms with van der Waals surface area (Å²) in [5, 5.41) is 9.48. The van der Waals surface area contributed by atoms with Crippen molar-refractivity contribution in [2.45, 2.75) is 38.3 Å². The molecule has 1 amide bonds. The molecule has 38 heavy (non-hydrogen) atoms. The van der Waals surface area contributed by atoms with Gasteiger partial charge < -0.3 is 35.0 Å². The molecule has 0 atom stereocenters. The first-order valence-electron chi connectivity index (χ1n) is 12.3. The van der Waals surface area contributed by atoms with E-state index in [1.165, 1.54) is 25.1 Å². The minimum atomic E-state index is -0.527. The third-order valence-corrected chi connectivity index (χ3v) is 5.73. The van der Waals surface area contributed by atoms with Crippen LogP contribution in [0.3, 0.4) is 0 Å². The number of anilines is 2. The van der Waals surface area contributed by atoms with Crippen LogP contribution < -0.4 is 31.1 Å². The van der Waals surface area contributed by atoms with Crippen LogP contribution in [0.2, 0.25) is 0 Å². The Morgan fingerprint density at radius 3 is 2.32 bits per heavy atom. The fraction of sp³-hybridized carbons (Fsp3) is 0.393. The van der Waals surface area contributed by atoms with Gasteiger partial charge >= 0.3 is 0 Å². The number of rotatable bonds is 12. The maximum absolute atomic E-state index is 14.8. The van der Waals surface area contributed by atoms with Crippen LogP contribution in [0.1, 0.15) is 26.2 Å². The summed E-state index contributed by atoms with van der Waals surface area (Å²) in [7, 11) is 5.33. The second kappa shape index (κ2) is 16.3. The lowest BCUT2D eigenvalue weighted by Gasteiger charge is -2.33. The van der Waals surface area contributed by atoms with E-state index in [1.807, 2.05) is 7.05 Å². The largest absolute Gasteiger partial charge is 0.491 e. The first-order valence-corrected chi connectivity index (χ1v) is 12.3. The molecule has 0 heterocycles. The minimum absolute atomic E-state index is 0.208. The maximum Gasteiger partial charge on any atom is 0.231 e. The lowest BCUT2D eigenvalue weighted by Crippen LogP contribution is -2.43. The van der Waals surface area contributed by atoms with Crippen molar-refractivity contribution in [2.24, 2.45) is 4.99 Å². The van der Waals surface area contributed by atoms with Crippen LogP contribution in [-0.4, -0.2) is 65.0 Å². The molecule has 0 aromatic heterocycles. The van der Waals surface area contributed by atoms with Crippen LogP contribution in [0.25, 0.3) is 12.4 Å². The van der Waals surface area contributed by atoms with E-state index in [4.69, 9.17) is 14.2 Å². The molecule has 0 spiro atoms. The summed E-state index contributed by atoms with van der Waals surface area (Å²) >= 11 is 0. The van der Waals surface area contributed by atoms with E-state index in [1.54, 1.807) is 51.5 Å². The average molecular weight is 529 g/mol. The Labute approximate surface area is 222 Å². The highest BCUT2D eigenvalue weighted by Gasteiger charge is 2.26. The summed E-state index contributed by atoms with van der Waals surface area (Å²) in [4.78, 5) is 26.1. The zero-order valence-electron chi connectivity index (χ0n) is 22.4. The molecule has 3 rings (SSSR count). The molecule has 3 N–H and O–H groups in total. The SMILES string of the molecule is C=c1cc(OCCOC)cc(F)/c1=C(/N=C\C)Nc1ccc(NC(=O)CC=O)cc1.CNC1CC(OC)C1. The van der Waals surface area contributed by atoms with E-state index >= 15 is 0 Å². The van der Waals surface area contributed by atoms with Gasteiger partial charge in [-0.1, -0.05) is 6.58 Å². The highest BCUT2D eigenvalue weighted by molar-refractivity contribution is 5.98. The van der Waals surface area contributed by atoms with Crippen molar-refractivity contribution in [3.05, 3.63) is 52.7 Å². The quantitative estimate of drug-likeness (QED) is 0.168. The molecule has 0 bridgehead atoms. The van der Waals surface area contributed by atoms with Gasteiger partial charge in [0.1, 0.15) is 30.3 Å². The zero-order valence-corrected chi connectivity index (χ0v) is 22.4. The fourth-order valence-corrected chi connectivity index (χ4v) is 3.57. The van der Waals surface area contributed by atoms with Crippen LogP contribution >= 0.6 is 0 Å². The molecule has 1 aliphatic carbocycles. The summed E-state index contributed by atoms with van der Waals surface area (Å²) in [6, 6.07) is 10.3. The zero-order chi connectivity index (χ0) is 27.9. The number of nitrogens with zero attached hydrogens (tertiary/aromatic N) is 1. The lowest BCUT2D eigenvalue weighted by molar-refractivity contribution is -0.119. The van der Waals surface area contributed by atoms with E-state index < -0.39 is 11.7 Å². The summed E-state index contributed by atoms with van der Waals surface area (Å²) in [6.45, 7) is 6.32. The maximum atomic E-state index is 14.8. The van der Waals surface area contributed by atoms with Crippen LogP contribution in [0, 0.1) is 5.82 Å². The Hall–Kier alpha value is -3.60. The van der Waals surface area contributed by atoms with Gasteiger partial charge in [-0.25, -0.2) is 9.38 Å². The van der Waals surface area contributed by atoms with Crippen LogP contribution in [0.15, 0.2) is 41.4 Å². The number of halogens is 1. The number of hydrogen-bond donors (Lipinski definition) is 3. The van der Waals surface area contributed by atoms with Crippen LogP contribution in [0.4, 0.5) is 15.8 Å². The Balaban J connectivity index is 0.000000538. The van der Waals surface area contributed by atoms with Crippen molar-refractivity contribution >= 4 is 42.2 Å². The van der Waals surface area contributed by atoms with Gasteiger partial charge in [-0.2, -0.15) is 0 Å². The van der Waals surface area contributed by atoms with Gasteiger partial charge in [0.15, 0.2) is 0 Å². The van der Waals surface area contributed by atoms with E-state index in [2.05, 4.69) is 27.5 Å². The molecule has 9 nitrogen and oxygen atoms in total. The Morgan fingerprint density at radius 1 is 1.13 bits per heavy atom. The molecule has 0 saturated heterocycles. The average Bonchev–Trinajstić information content (AvgIpc) is 2.85. The van der Waals surface area contributed by atoms with Crippen molar-refractivity contribution in [1.29, 1.82) is 0 Å². The third-order valence-electron chi connectivity index (χ3n) is 5.73. The Bertz CT molecular complexity index is 1170. The normalized spacial score (nSPS) is 17.1. The van der Waals surface area contributed by atoms with Gasteiger partial charge in [0.25, 0.3) is 0 Å². The van der Waals surface area contributed by atoms with Crippen molar-refractivity contribution < 1.29 is 28.2 Å². The number of hydrogen-bond acceptors (Lipinski definition) is 8. The summed E-state index contributed by atoms with van der Waals surface area (Å²) < 4.78 is 30.3. The van der Waals surface area contributed by atoms with Crippen LogP contribution in [0.5, 0.6) is 5.75 Å². The van der Waals surface area contributed by atoms with E-state index in [0.717, 1.165) is 6.04 Å². The van der Waals surface area contributed by atoms with Crippen molar-refractivity contribution in [2.75, 3.05) is 45.1 Å². The van der Waals surface area contributed by atoms with Gasteiger partial charge in [0.2, 0.25) is 5.91 Å². The summed E-state index contributed by atoms with van der Waals surface area (Å²) in [6.07, 6.45) is 4.78. The Kier molecular flexibility index (Phi) is 13.1. The molecule has 0 radical (unpaired) electrons. The predicted molar refractivity (Wildman–Crippen MR) is 148 cm³/mol. The number of aliphatic imine (C=N–C) groups is 1. The molecule has 1 saturated carbocycles. The van der Waals surface area contributed by atoms with Crippen LogP contribution in [-0.2, 0) is 19.1 Å². The standard InChI is InChI=1S/C22H24FN3O4.C6H13NO/c1-4-24-22(21-15(2)13-18(14-19(21)23)30-12-11-29-3)26-17-7-5-16(6-8-17)25-20(28)9-10-27;1-7-5-3-6(4-5)8-2/h4-8,10,13-14,26H,2,9,11-12H2,1,3H3,(H,25,28);5-7H,3-4H2,1-2H3/b22-21-,24-4-;. The number of carbonyl (C=O) groups is 2. The second-order valence-corrected chi connectivity index (χ2v) is 8.45. The van der Waals surface area contributed by atoms with Gasteiger partial charge in [-0.15, -0.1) is 0 Å². The van der Waals surface area contributed by atoms with Gasteiger partial charge in [-0.05, 0) is 62.4 Å². The van der Waals surface area contributed by atoms with Gasteiger partial charge in [0.05, 0.1) is 24.4 Å². The second-order valence-electron chi connectivity index (χ2n) is 8.45. The highest BCUT2D eigenvalue weighted by atomic mass is 19.1. The molecule has 0 unspecified atom stereocenters. The number of amides is 1. The topological polar surface area (TPSA) is 110 Å². The number of ether oxygens (including phenoxy) is 3. The van der Waals surface area contributed by atoms with E-state index in [0.29, 0.717) is 47.9 Å². The van der Waals surface area contributed by atoms with Gasteiger partial charge in [0, 0.05) is 43.9 Å². The smallest absolute Gasteiger partial charge is 0.231 e. The number of nitrogens with one attached hydrogen (secondary N) is 3. The molecule has 1 aliphatic rings. The molecule has 206 valence electrons. The fourth-order valence-electron chi connectivity index (χ4n) is 3.57. The Morgan fingerprint density at radius 2 is 1.79 bits per heavy atom. The van der Waals surface area contributed by atoms with Crippen molar-refractivity contribution in [3.63, 3.8) is 0 Å². The molecule has 1 fully saturated rings. The molecular formula is C28H37FN4O5. The lowest BCUT2D eigenvalue weighted by atomic mass is 9.90. The first kappa shape index (κ1) is 30.6. The van der Waals surface area contributed by atoms with E-state index in [9.17, 15) is 14.0 Å². The molecule has 2 aromatic carbocycles. The third kappa shape index (κ3) is 9.70. The number of methoxy groups -OCH3 is 2. The highest BCUT2D eigenvalue weighted by Crippen LogP contribution is 2.21.